The van der Waals surface area contributed by atoms with Gasteiger partial charge in [-0.1, -0.05) is 19.3 Å². The largest absolute Gasteiger partial charge is 0.330 e. The Kier molecular flexibility index (Phi) is 9.21. The van der Waals surface area contributed by atoms with E-state index >= 15 is 0 Å². The lowest BCUT2D eigenvalue weighted by Crippen LogP contribution is -2.26. The summed E-state index contributed by atoms with van der Waals surface area (Å²) in [5, 5.41) is 0.921. The maximum Gasteiger partial charge on any atom is 0.00569 e. The van der Waals surface area contributed by atoms with E-state index in [4.69, 9.17) is 5.73 Å². The monoisotopic (exact) mass is 258 g/mol. The molecule has 0 saturated carbocycles. The summed E-state index contributed by atoms with van der Waals surface area (Å²) in [5.74, 6) is 0. The van der Waals surface area contributed by atoms with Crippen LogP contribution in [0.4, 0.5) is 0 Å². The quantitative estimate of drug-likeness (QED) is 0.678. The fourth-order valence-corrected chi connectivity index (χ4v) is 3.34. The summed E-state index contributed by atoms with van der Waals surface area (Å²) in [6.45, 7) is 4.85. The molecular formula is C14H30N2S. The Morgan fingerprint density at radius 2 is 1.82 bits per heavy atom. The minimum Gasteiger partial charge on any atom is -0.330 e. The van der Waals surface area contributed by atoms with Crippen molar-refractivity contribution in [1.29, 1.82) is 0 Å². The molecule has 0 aliphatic carbocycles. The van der Waals surface area contributed by atoms with Gasteiger partial charge in [0, 0.05) is 5.25 Å². The maximum absolute atomic E-state index is 5.49. The lowest BCUT2D eigenvalue weighted by molar-refractivity contribution is 0.278. The van der Waals surface area contributed by atoms with E-state index in [1.807, 2.05) is 0 Å². The number of likely N-dealkylation sites (tertiary alicyclic amines) is 1. The van der Waals surface area contributed by atoms with E-state index in [9.17, 15) is 0 Å². The summed E-state index contributed by atoms with van der Waals surface area (Å²) in [6.07, 6.45) is 13.2. The van der Waals surface area contributed by atoms with E-state index in [1.165, 1.54) is 71.0 Å². The van der Waals surface area contributed by atoms with Crippen LogP contribution in [-0.2, 0) is 0 Å². The fraction of sp³-hybridized carbons (Fsp3) is 1.00. The lowest BCUT2D eigenvalue weighted by Gasteiger charge is -2.19. The molecule has 0 amide bonds. The number of unbranched alkanes of at least 4 members (excludes halogenated alkanes) is 4. The van der Waals surface area contributed by atoms with Crippen LogP contribution in [0.1, 0.15) is 51.4 Å². The maximum atomic E-state index is 5.49. The molecule has 0 bridgehead atoms. The Balaban J connectivity index is 1.99. The zero-order valence-electron chi connectivity index (χ0n) is 11.5. The van der Waals surface area contributed by atoms with Crippen molar-refractivity contribution in [1.82, 2.24) is 4.90 Å². The SMILES string of the molecule is CSC1CCCN(CCCCCCCN)CC1. The Bertz CT molecular complexity index is 176. The molecule has 0 spiro atoms. The van der Waals surface area contributed by atoms with Crippen molar-refractivity contribution >= 4 is 11.8 Å². The number of rotatable bonds is 8. The van der Waals surface area contributed by atoms with Crippen molar-refractivity contribution in [2.45, 2.75) is 56.6 Å². The summed E-state index contributed by atoms with van der Waals surface area (Å²) in [7, 11) is 0. The molecule has 1 heterocycles. The highest BCUT2D eigenvalue weighted by molar-refractivity contribution is 7.99. The van der Waals surface area contributed by atoms with Gasteiger partial charge in [0.2, 0.25) is 0 Å². The van der Waals surface area contributed by atoms with Gasteiger partial charge in [-0.15, -0.1) is 0 Å². The van der Waals surface area contributed by atoms with E-state index in [1.54, 1.807) is 0 Å². The van der Waals surface area contributed by atoms with Gasteiger partial charge in [-0.2, -0.15) is 11.8 Å². The first kappa shape index (κ1) is 15.3. The van der Waals surface area contributed by atoms with Crippen LogP contribution in [0.2, 0.25) is 0 Å². The van der Waals surface area contributed by atoms with Gasteiger partial charge in [0.15, 0.2) is 0 Å². The minimum atomic E-state index is 0.863. The van der Waals surface area contributed by atoms with Gasteiger partial charge >= 0.3 is 0 Å². The summed E-state index contributed by atoms with van der Waals surface area (Å²) in [5.41, 5.74) is 5.49. The molecule has 0 radical (unpaired) electrons. The molecule has 0 aromatic carbocycles. The molecule has 1 saturated heterocycles. The van der Waals surface area contributed by atoms with E-state index < -0.39 is 0 Å². The average molecular weight is 258 g/mol. The molecule has 3 heteroatoms. The second-order valence-electron chi connectivity index (χ2n) is 5.19. The number of nitrogens with two attached hydrogens (primary N) is 1. The topological polar surface area (TPSA) is 29.3 Å². The van der Waals surface area contributed by atoms with Gasteiger partial charge in [0.05, 0.1) is 0 Å². The first-order valence-corrected chi connectivity index (χ1v) is 8.61. The summed E-state index contributed by atoms with van der Waals surface area (Å²) in [4.78, 5) is 2.68. The molecule has 0 aromatic rings. The zero-order chi connectivity index (χ0) is 12.3. The van der Waals surface area contributed by atoms with Crippen molar-refractivity contribution < 1.29 is 0 Å². The standard InChI is InChI=1S/C14H30N2S/c1-17-14-8-7-12-16(13-9-14)11-6-4-2-3-5-10-15/h14H,2-13,15H2,1H3. The van der Waals surface area contributed by atoms with Gasteiger partial charge in [0.25, 0.3) is 0 Å². The average Bonchev–Trinajstić information content (AvgIpc) is 2.59. The number of hydrogen-bond donors (Lipinski definition) is 1. The molecular weight excluding hydrogens is 228 g/mol. The van der Waals surface area contributed by atoms with Gasteiger partial charge in [0.1, 0.15) is 0 Å². The van der Waals surface area contributed by atoms with Crippen LogP contribution in [0, 0.1) is 0 Å². The van der Waals surface area contributed by atoms with Crippen molar-refractivity contribution in [2.24, 2.45) is 5.73 Å². The highest BCUT2D eigenvalue weighted by atomic mass is 32.2. The number of thioether (sulfide) groups is 1. The highest BCUT2D eigenvalue weighted by Crippen LogP contribution is 2.21. The minimum absolute atomic E-state index is 0.863. The molecule has 2 nitrogen and oxygen atoms in total. The molecule has 1 rings (SSSR count). The first-order valence-electron chi connectivity index (χ1n) is 7.32. The first-order chi connectivity index (χ1) is 8.36. The van der Waals surface area contributed by atoms with E-state index in [2.05, 4.69) is 22.9 Å². The molecule has 1 unspecified atom stereocenters. The summed E-state index contributed by atoms with van der Waals surface area (Å²) >= 11 is 2.06. The predicted molar refractivity (Wildman–Crippen MR) is 79.7 cm³/mol. The molecule has 1 aliphatic heterocycles. The van der Waals surface area contributed by atoms with Crippen molar-refractivity contribution in [3.8, 4) is 0 Å². The third-order valence-electron chi connectivity index (χ3n) is 3.78. The van der Waals surface area contributed by atoms with Gasteiger partial charge < -0.3 is 10.6 Å². The van der Waals surface area contributed by atoms with Crippen LogP contribution >= 0.6 is 11.8 Å². The van der Waals surface area contributed by atoms with Crippen molar-refractivity contribution in [2.75, 3.05) is 32.4 Å². The second kappa shape index (κ2) is 10.2. The van der Waals surface area contributed by atoms with Crippen LogP contribution in [-0.4, -0.2) is 42.6 Å². The van der Waals surface area contributed by atoms with Crippen LogP contribution in [0.25, 0.3) is 0 Å². The Hall–Kier alpha value is 0.270. The number of hydrogen-bond acceptors (Lipinski definition) is 3. The molecule has 2 N–H and O–H groups in total. The van der Waals surface area contributed by atoms with Crippen LogP contribution < -0.4 is 5.73 Å². The normalized spacial score (nSPS) is 22.6. The Labute approximate surface area is 112 Å². The third-order valence-corrected chi connectivity index (χ3v) is 4.92. The van der Waals surface area contributed by atoms with Gasteiger partial charge in [-0.25, -0.2) is 0 Å². The van der Waals surface area contributed by atoms with Crippen molar-refractivity contribution in [3.63, 3.8) is 0 Å². The highest BCUT2D eigenvalue weighted by Gasteiger charge is 2.15. The Morgan fingerprint density at radius 1 is 1.06 bits per heavy atom. The van der Waals surface area contributed by atoms with E-state index in [0.29, 0.717) is 0 Å². The summed E-state index contributed by atoms with van der Waals surface area (Å²) < 4.78 is 0. The molecule has 17 heavy (non-hydrogen) atoms. The fourth-order valence-electron chi connectivity index (χ4n) is 2.59. The van der Waals surface area contributed by atoms with Gasteiger partial charge in [-0.3, -0.25) is 0 Å². The van der Waals surface area contributed by atoms with Crippen LogP contribution in [0.15, 0.2) is 0 Å². The third kappa shape index (κ3) is 7.32. The molecule has 1 atom stereocenters. The Morgan fingerprint density at radius 3 is 2.59 bits per heavy atom. The molecule has 102 valence electrons. The lowest BCUT2D eigenvalue weighted by atomic mass is 10.1. The van der Waals surface area contributed by atoms with Crippen molar-refractivity contribution in [3.05, 3.63) is 0 Å². The van der Waals surface area contributed by atoms with E-state index in [-0.39, 0.29) is 0 Å². The smallest absolute Gasteiger partial charge is 0.00569 e. The van der Waals surface area contributed by atoms with Crippen LogP contribution in [0.5, 0.6) is 0 Å². The molecule has 1 aliphatic rings. The zero-order valence-corrected chi connectivity index (χ0v) is 12.3. The summed E-state index contributed by atoms with van der Waals surface area (Å²) in [6, 6.07) is 0. The van der Waals surface area contributed by atoms with E-state index in [0.717, 1.165) is 11.8 Å². The molecule has 1 fully saturated rings. The van der Waals surface area contributed by atoms with Crippen LogP contribution in [0.3, 0.4) is 0 Å². The number of nitrogens with zero attached hydrogens (tertiary/aromatic N) is 1. The predicted octanol–water partition coefficient (Wildman–Crippen LogP) is 3.11. The second-order valence-corrected chi connectivity index (χ2v) is 6.32. The van der Waals surface area contributed by atoms with Gasteiger partial charge in [-0.05, 0) is 64.5 Å². The molecule has 0 aromatic heterocycles.